The van der Waals surface area contributed by atoms with E-state index in [4.69, 9.17) is 14.2 Å². The summed E-state index contributed by atoms with van der Waals surface area (Å²) < 4.78 is 17.9. The number of ether oxygens (including phenoxy) is 3. The first kappa shape index (κ1) is 29.4. The maximum absolute atomic E-state index is 11.7. The highest BCUT2D eigenvalue weighted by Gasteiger charge is 2.38. The zero-order valence-corrected chi connectivity index (χ0v) is 23.0. The Bertz CT molecular complexity index is 1300. The van der Waals surface area contributed by atoms with Crippen molar-refractivity contribution in [2.45, 2.75) is 43.5 Å². The Morgan fingerprint density at radius 1 is 1.00 bits per heavy atom. The molecule has 9 heteroatoms. The molecule has 0 bridgehead atoms. The van der Waals surface area contributed by atoms with Gasteiger partial charge in [-0.1, -0.05) is 80.2 Å². The summed E-state index contributed by atoms with van der Waals surface area (Å²) in [5, 5.41) is 21.7. The van der Waals surface area contributed by atoms with Crippen molar-refractivity contribution in [1.29, 1.82) is 0 Å². The predicted octanol–water partition coefficient (Wildman–Crippen LogP) is 5.87. The van der Waals surface area contributed by atoms with Gasteiger partial charge in [0, 0.05) is 28.7 Å². The van der Waals surface area contributed by atoms with Crippen LogP contribution in [0.15, 0.2) is 90.3 Å². The molecular formula is C31H33NO7S. The minimum absolute atomic E-state index is 0.0363. The summed E-state index contributed by atoms with van der Waals surface area (Å²) in [6.45, 7) is 6.00. The van der Waals surface area contributed by atoms with Crippen LogP contribution in [0.1, 0.15) is 51.9 Å². The summed E-state index contributed by atoms with van der Waals surface area (Å²) in [5.74, 6) is -0.469. The third kappa shape index (κ3) is 7.51. The molecule has 0 unspecified atom stereocenters. The van der Waals surface area contributed by atoms with Crippen molar-refractivity contribution in [3.8, 4) is 0 Å². The van der Waals surface area contributed by atoms with Crippen LogP contribution in [0.3, 0.4) is 0 Å². The number of aliphatic hydroxyl groups is 1. The number of rotatable bonds is 11. The van der Waals surface area contributed by atoms with Crippen molar-refractivity contribution >= 4 is 23.8 Å². The van der Waals surface area contributed by atoms with Gasteiger partial charge < -0.3 is 29.7 Å². The number of amides is 1. The van der Waals surface area contributed by atoms with E-state index in [2.05, 4.69) is 18.8 Å². The van der Waals surface area contributed by atoms with Gasteiger partial charge in [-0.15, -0.1) is 11.8 Å². The molecule has 0 aliphatic carbocycles. The van der Waals surface area contributed by atoms with E-state index >= 15 is 0 Å². The number of thioether (sulfide) groups is 1. The number of alkyl carbamates (subject to hydrolysis) is 1. The third-order valence-corrected chi connectivity index (χ3v) is 7.83. The third-order valence-electron chi connectivity index (χ3n) is 6.66. The minimum Gasteiger partial charge on any atom is -0.478 e. The molecule has 0 aromatic heterocycles. The fourth-order valence-corrected chi connectivity index (χ4v) is 5.62. The van der Waals surface area contributed by atoms with Crippen LogP contribution < -0.4 is 5.32 Å². The Morgan fingerprint density at radius 3 is 2.35 bits per heavy atom. The Labute approximate surface area is 238 Å². The quantitative estimate of drug-likeness (QED) is 0.196. The van der Waals surface area contributed by atoms with E-state index in [0.29, 0.717) is 17.2 Å². The maximum atomic E-state index is 11.7. The highest BCUT2D eigenvalue weighted by Crippen LogP contribution is 2.43. The van der Waals surface area contributed by atoms with Gasteiger partial charge in [0.2, 0.25) is 0 Å². The van der Waals surface area contributed by atoms with E-state index in [9.17, 15) is 19.8 Å². The first-order chi connectivity index (χ1) is 19.4. The average Bonchev–Trinajstić information content (AvgIpc) is 2.99. The average molecular weight is 564 g/mol. The van der Waals surface area contributed by atoms with Crippen LogP contribution in [-0.2, 0) is 27.4 Å². The topological polar surface area (TPSA) is 114 Å². The molecule has 0 spiro atoms. The normalized spacial score (nSPS) is 20.4. The molecule has 8 nitrogen and oxygen atoms in total. The van der Waals surface area contributed by atoms with Gasteiger partial charge in [0.15, 0.2) is 6.29 Å². The summed E-state index contributed by atoms with van der Waals surface area (Å²) in [6.07, 6.45) is -0.193. The zero-order chi connectivity index (χ0) is 28.5. The zero-order valence-electron chi connectivity index (χ0n) is 22.2. The van der Waals surface area contributed by atoms with E-state index in [1.807, 2.05) is 54.6 Å². The molecule has 4 atom stereocenters. The number of hydrogen-bond acceptors (Lipinski definition) is 7. The molecule has 40 heavy (non-hydrogen) atoms. The SMILES string of the molecule is C=CCOC(=O)NCc1ccc([C@H]2O[C@@H](CSc3ccccc3C(=O)O)[C@@H](C)[C@@H](c3ccc(CO)cc3)O2)cc1. The molecule has 0 radical (unpaired) electrons. The predicted molar refractivity (Wildman–Crippen MR) is 152 cm³/mol. The highest BCUT2D eigenvalue weighted by molar-refractivity contribution is 7.99. The summed E-state index contributed by atoms with van der Waals surface area (Å²) >= 11 is 1.45. The summed E-state index contributed by atoms with van der Waals surface area (Å²) in [6, 6.07) is 22.2. The molecule has 3 N–H and O–H groups in total. The smallest absolute Gasteiger partial charge is 0.407 e. The van der Waals surface area contributed by atoms with Gasteiger partial charge in [-0.25, -0.2) is 9.59 Å². The molecule has 1 saturated heterocycles. The number of aliphatic hydroxyl groups excluding tert-OH is 1. The lowest BCUT2D eigenvalue weighted by Crippen LogP contribution is -2.38. The second kappa shape index (κ2) is 14.1. The Balaban J connectivity index is 1.52. The monoisotopic (exact) mass is 563 g/mol. The lowest BCUT2D eigenvalue weighted by molar-refractivity contribution is -0.268. The second-order valence-electron chi connectivity index (χ2n) is 9.42. The molecule has 1 aliphatic heterocycles. The van der Waals surface area contributed by atoms with Crippen LogP contribution in [0.5, 0.6) is 0 Å². The van der Waals surface area contributed by atoms with Crippen molar-refractivity contribution in [3.05, 3.63) is 113 Å². The Hall–Kier alpha value is -3.63. The first-order valence-electron chi connectivity index (χ1n) is 13.0. The van der Waals surface area contributed by atoms with Crippen molar-refractivity contribution < 1.29 is 34.0 Å². The maximum Gasteiger partial charge on any atom is 0.407 e. The number of hydrogen-bond donors (Lipinski definition) is 3. The fourth-order valence-electron chi connectivity index (χ4n) is 4.40. The van der Waals surface area contributed by atoms with Crippen molar-refractivity contribution in [2.24, 2.45) is 5.92 Å². The standard InChI is InChI=1S/C31H33NO7S/c1-3-16-37-31(36)32-17-21-8-14-24(15-9-21)30-38-26(19-40-27-7-5-4-6-25(27)29(34)35)20(2)28(39-30)23-12-10-22(18-33)11-13-23/h3-15,20,26,28,30,33H,1,16-19H2,2H3,(H,32,36)(H,34,35)/t20-,26+,28+,30+/m1/s1. The fraction of sp³-hybridized carbons (Fsp3) is 0.290. The molecule has 210 valence electrons. The Kier molecular flexibility index (Phi) is 10.4. The number of benzene rings is 3. The summed E-state index contributed by atoms with van der Waals surface area (Å²) in [4.78, 5) is 24.1. The van der Waals surface area contributed by atoms with Gasteiger partial charge in [-0.05, 0) is 28.8 Å². The first-order valence-corrected chi connectivity index (χ1v) is 13.9. The molecule has 1 heterocycles. The van der Waals surface area contributed by atoms with Crippen LogP contribution in [0.25, 0.3) is 0 Å². The number of carbonyl (C=O) groups is 2. The van der Waals surface area contributed by atoms with Gasteiger partial charge in [-0.3, -0.25) is 0 Å². The molecule has 4 rings (SSSR count). The summed E-state index contributed by atoms with van der Waals surface area (Å²) in [5.41, 5.74) is 3.75. The number of carboxylic acids is 1. The molecule has 0 saturated carbocycles. The van der Waals surface area contributed by atoms with Gasteiger partial charge in [0.25, 0.3) is 0 Å². The van der Waals surface area contributed by atoms with Gasteiger partial charge in [0.1, 0.15) is 6.61 Å². The molecule has 1 fully saturated rings. The molecule has 1 aliphatic rings. The number of nitrogens with one attached hydrogen (secondary N) is 1. The van der Waals surface area contributed by atoms with Gasteiger partial charge >= 0.3 is 12.1 Å². The second-order valence-corrected chi connectivity index (χ2v) is 10.5. The van der Waals surface area contributed by atoms with E-state index in [1.54, 1.807) is 18.2 Å². The molecule has 1 amide bonds. The number of carboxylic acid groups (broad SMARTS) is 1. The summed E-state index contributed by atoms with van der Waals surface area (Å²) in [7, 11) is 0. The Morgan fingerprint density at radius 2 is 1.68 bits per heavy atom. The van der Waals surface area contributed by atoms with Gasteiger partial charge in [-0.2, -0.15) is 0 Å². The lowest BCUT2D eigenvalue weighted by atomic mass is 9.91. The van der Waals surface area contributed by atoms with E-state index in [-0.39, 0.29) is 36.9 Å². The van der Waals surface area contributed by atoms with E-state index in [0.717, 1.165) is 22.3 Å². The minimum atomic E-state index is -0.965. The van der Waals surface area contributed by atoms with Crippen LogP contribution in [0, 0.1) is 5.92 Å². The van der Waals surface area contributed by atoms with Crippen molar-refractivity contribution in [1.82, 2.24) is 5.32 Å². The van der Waals surface area contributed by atoms with Crippen LogP contribution in [0.4, 0.5) is 4.79 Å². The van der Waals surface area contributed by atoms with Crippen molar-refractivity contribution in [2.75, 3.05) is 12.4 Å². The van der Waals surface area contributed by atoms with Crippen LogP contribution in [-0.4, -0.2) is 40.7 Å². The largest absolute Gasteiger partial charge is 0.478 e. The lowest BCUT2D eigenvalue weighted by Gasteiger charge is -2.41. The highest BCUT2D eigenvalue weighted by atomic mass is 32.2. The molecular weight excluding hydrogens is 530 g/mol. The van der Waals surface area contributed by atoms with Crippen LogP contribution >= 0.6 is 11.8 Å². The van der Waals surface area contributed by atoms with E-state index < -0.39 is 18.4 Å². The van der Waals surface area contributed by atoms with Gasteiger partial charge in [0.05, 0.1) is 24.4 Å². The number of aromatic carboxylic acids is 1. The van der Waals surface area contributed by atoms with Crippen molar-refractivity contribution in [3.63, 3.8) is 0 Å². The van der Waals surface area contributed by atoms with E-state index in [1.165, 1.54) is 17.8 Å². The van der Waals surface area contributed by atoms with Crippen LogP contribution in [0.2, 0.25) is 0 Å². The molecule has 3 aromatic carbocycles. The number of carbonyl (C=O) groups excluding carboxylic acids is 1. The molecule has 3 aromatic rings.